The molecule has 0 spiro atoms. The first kappa shape index (κ1) is 23.2. The largest absolute Gasteiger partial charge is 0.493 e. The lowest BCUT2D eigenvalue weighted by Crippen LogP contribution is -2.42. The third kappa shape index (κ3) is 5.61. The van der Waals surface area contributed by atoms with E-state index in [9.17, 15) is 18.0 Å². The molecule has 1 amide bonds. The molecule has 1 fully saturated rings. The van der Waals surface area contributed by atoms with Crippen LogP contribution in [0.4, 0.5) is 13.2 Å². The second-order valence-corrected chi connectivity index (χ2v) is 8.15. The van der Waals surface area contributed by atoms with Crippen LogP contribution in [-0.4, -0.2) is 53.3 Å². The molecule has 1 atom stereocenters. The van der Waals surface area contributed by atoms with Crippen LogP contribution >= 0.6 is 11.8 Å². The number of hydrogen-bond acceptors (Lipinski definition) is 6. The average Bonchev–Trinajstić information content (AvgIpc) is 2.76. The van der Waals surface area contributed by atoms with Crippen molar-refractivity contribution in [3.05, 3.63) is 30.0 Å². The van der Waals surface area contributed by atoms with Gasteiger partial charge < -0.3 is 14.4 Å². The van der Waals surface area contributed by atoms with Gasteiger partial charge in [-0.05, 0) is 50.5 Å². The Morgan fingerprint density at radius 1 is 1.16 bits per heavy atom. The number of amides is 1. The molecule has 1 aromatic carbocycles. The zero-order valence-electron chi connectivity index (χ0n) is 17.5. The van der Waals surface area contributed by atoms with E-state index in [0.29, 0.717) is 23.6 Å². The molecule has 31 heavy (non-hydrogen) atoms. The first-order valence-corrected chi connectivity index (χ1v) is 10.8. The maximum Gasteiger partial charge on any atom is 0.433 e. The number of halogens is 3. The molecule has 2 heterocycles. The minimum atomic E-state index is -4.64. The number of carbonyl (C=O) groups excluding carboxylic acids is 1. The first-order valence-electron chi connectivity index (χ1n) is 9.84. The summed E-state index contributed by atoms with van der Waals surface area (Å²) in [4.78, 5) is 22.3. The molecule has 0 aliphatic carbocycles. The molecule has 1 saturated heterocycles. The van der Waals surface area contributed by atoms with Gasteiger partial charge >= 0.3 is 6.18 Å². The van der Waals surface area contributed by atoms with E-state index in [2.05, 4.69) is 9.97 Å². The number of aromatic nitrogens is 2. The van der Waals surface area contributed by atoms with Crippen LogP contribution < -0.4 is 9.47 Å². The monoisotopic (exact) mass is 455 g/mol. The standard InChI is InChI=1S/C21H24F3N3O3S/c1-13-6-4-5-9-27(13)19(28)12-31-20-25-15(11-18(26-20)21(22,23)24)14-7-8-16(29-2)17(10-14)30-3/h7-8,10-11,13H,4-6,9,12H2,1-3H3/t13-/m0/s1. The average molecular weight is 456 g/mol. The summed E-state index contributed by atoms with van der Waals surface area (Å²) in [6.45, 7) is 2.65. The van der Waals surface area contributed by atoms with Crippen LogP contribution in [-0.2, 0) is 11.0 Å². The van der Waals surface area contributed by atoms with Crippen molar-refractivity contribution in [3.8, 4) is 22.8 Å². The molecule has 0 radical (unpaired) electrons. The van der Waals surface area contributed by atoms with Gasteiger partial charge in [0.25, 0.3) is 0 Å². The van der Waals surface area contributed by atoms with Gasteiger partial charge in [-0.3, -0.25) is 4.79 Å². The Kier molecular flexibility index (Phi) is 7.30. The van der Waals surface area contributed by atoms with Gasteiger partial charge in [0.15, 0.2) is 16.7 Å². The smallest absolute Gasteiger partial charge is 0.433 e. The molecule has 0 bridgehead atoms. The van der Waals surface area contributed by atoms with Crippen molar-refractivity contribution in [3.63, 3.8) is 0 Å². The maximum absolute atomic E-state index is 13.4. The Hall–Kier alpha value is -2.49. The fourth-order valence-electron chi connectivity index (χ4n) is 3.46. The molecule has 1 aliphatic heterocycles. The summed E-state index contributed by atoms with van der Waals surface area (Å²) in [5.74, 6) is 0.686. The highest BCUT2D eigenvalue weighted by Gasteiger charge is 2.34. The van der Waals surface area contributed by atoms with E-state index in [1.54, 1.807) is 23.1 Å². The number of hydrogen-bond donors (Lipinski definition) is 0. The Balaban J connectivity index is 1.88. The number of piperidine rings is 1. The fraction of sp³-hybridized carbons (Fsp3) is 0.476. The summed E-state index contributed by atoms with van der Waals surface area (Å²) >= 11 is 0.912. The number of alkyl halides is 3. The summed E-state index contributed by atoms with van der Waals surface area (Å²) in [5, 5.41) is -0.0994. The topological polar surface area (TPSA) is 64.5 Å². The van der Waals surface area contributed by atoms with E-state index in [-0.39, 0.29) is 28.6 Å². The lowest BCUT2D eigenvalue weighted by atomic mass is 10.0. The minimum Gasteiger partial charge on any atom is -0.493 e. The van der Waals surface area contributed by atoms with Crippen molar-refractivity contribution >= 4 is 17.7 Å². The van der Waals surface area contributed by atoms with Gasteiger partial charge in [0, 0.05) is 18.2 Å². The van der Waals surface area contributed by atoms with Gasteiger partial charge in [0.1, 0.15) is 5.69 Å². The Bertz CT molecular complexity index is 940. The molecule has 168 valence electrons. The van der Waals surface area contributed by atoms with Gasteiger partial charge in [0.05, 0.1) is 25.7 Å². The zero-order chi connectivity index (χ0) is 22.6. The van der Waals surface area contributed by atoms with Crippen LogP contribution in [0.3, 0.4) is 0 Å². The summed E-state index contributed by atoms with van der Waals surface area (Å²) in [5.41, 5.74) is -0.554. The highest BCUT2D eigenvalue weighted by molar-refractivity contribution is 7.99. The summed E-state index contributed by atoms with van der Waals surface area (Å²) < 4.78 is 50.8. The molecule has 1 aromatic heterocycles. The highest BCUT2D eigenvalue weighted by Crippen LogP contribution is 2.35. The molecular weight excluding hydrogens is 431 g/mol. The van der Waals surface area contributed by atoms with Crippen LogP contribution in [0.25, 0.3) is 11.3 Å². The number of benzene rings is 1. The molecule has 2 aromatic rings. The van der Waals surface area contributed by atoms with E-state index in [1.165, 1.54) is 14.2 Å². The van der Waals surface area contributed by atoms with Crippen molar-refractivity contribution in [2.75, 3.05) is 26.5 Å². The quantitative estimate of drug-likeness (QED) is 0.466. The predicted molar refractivity (Wildman–Crippen MR) is 111 cm³/mol. The van der Waals surface area contributed by atoms with Crippen molar-refractivity contribution in [2.24, 2.45) is 0 Å². The van der Waals surface area contributed by atoms with Crippen LogP contribution in [0.15, 0.2) is 29.4 Å². The van der Waals surface area contributed by atoms with E-state index in [1.807, 2.05) is 6.92 Å². The normalized spacial score (nSPS) is 16.8. The minimum absolute atomic E-state index is 0.0168. The molecule has 3 rings (SSSR count). The van der Waals surface area contributed by atoms with Gasteiger partial charge in [0.2, 0.25) is 5.91 Å². The molecule has 0 N–H and O–H groups in total. The van der Waals surface area contributed by atoms with Crippen LogP contribution in [0, 0.1) is 0 Å². The van der Waals surface area contributed by atoms with Gasteiger partial charge in [-0.1, -0.05) is 11.8 Å². The predicted octanol–water partition coefficient (Wildman–Crippen LogP) is 4.67. The van der Waals surface area contributed by atoms with Gasteiger partial charge in [-0.2, -0.15) is 13.2 Å². The number of methoxy groups -OCH3 is 2. The summed E-state index contributed by atoms with van der Waals surface area (Å²) in [7, 11) is 2.91. The number of likely N-dealkylation sites (tertiary alicyclic amines) is 1. The molecular formula is C21H24F3N3O3S. The second kappa shape index (κ2) is 9.76. The summed E-state index contributed by atoms with van der Waals surface area (Å²) in [6, 6.07) is 5.76. The van der Waals surface area contributed by atoms with Crippen LogP contribution in [0.1, 0.15) is 31.9 Å². The SMILES string of the molecule is COc1ccc(-c2cc(C(F)(F)F)nc(SCC(=O)N3CCCC[C@@H]3C)n2)cc1OC. The third-order valence-electron chi connectivity index (χ3n) is 5.12. The number of nitrogens with zero attached hydrogens (tertiary/aromatic N) is 3. The molecule has 0 saturated carbocycles. The van der Waals surface area contributed by atoms with Crippen molar-refractivity contribution in [2.45, 2.75) is 43.6 Å². The second-order valence-electron chi connectivity index (χ2n) is 7.21. The third-order valence-corrected chi connectivity index (χ3v) is 5.96. The van der Waals surface area contributed by atoms with E-state index in [4.69, 9.17) is 9.47 Å². The lowest BCUT2D eigenvalue weighted by Gasteiger charge is -2.33. The van der Waals surface area contributed by atoms with Crippen molar-refractivity contribution in [1.82, 2.24) is 14.9 Å². The fourth-order valence-corrected chi connectivity index (χ4v) is 4.20. The first-order chi connectivity index (χ1) is 14.7. The molecule has 1 aliphatic rings. The lowest BCUT2D eigenvalue weighted by molar-refractivity contribution is -0.141. The van der Waals surface area contributed by atoms with Crippen molar-refractivity contribution < 1.29 is 27.4 Å². The molecule has 0 unspecified atom stereocenters. The maximum atomic E-state index is 13.4. The Labute approximate surface area is 183 Å². The van der Waals surface area contributed by atoms with Crippen LogP contribution in [0.5, 0.6) is 11.5 Å². The number of rotatable bonds is 6. The van der Waals surface area contributed by atoms with Gasteiger partial charge in [-0.25, -0.2) is 9.97 Å². The van der Waals surface area contributed by atoms with Gasteiger partial charge in [-0.15, -0.1) is 0 Å². The number of ether oxygens (including phenoxy) is 2. The summed E-state index contributed by atoms with van der Waals surface area (Å²) in [6.07, 6.45) is -1.71. The van der Waals surface area contributed by atoms with E-state index < -0.39 is 11.9 Å². The molecule has 10 heteroatoms. The van der Waals surface area contributed by atoms with Crippen LogP contribution in [0.2, 0.25) is 0 Å². The zero-order valence-corrected chi connectivity index (χ0v) is 18.3. The number of carbonyl (C=O) groups is 1. The number of thioether (sulfide) groups is 1. The Morgan fingerprint density at radius 2 is 1.90 bits per heavy atom. The Morgan fingerprint density at radius 3 is 2.55 bits per heavy atom. The van der Waals surface area contributed by atoms with E-state index in [0.717, 1.165) is 37.1 Å². The van der Waals surface area contributed by atoms with Crippen molar-refractivity contribution in [1.29, 1.82) is 0 Å². The molecule has 6 nitrogen and oxygen atoms in total. The highest BCUT2D eigenvalue weighted by atomic mass is 32.2. The van der Waals surface area contributed by atoms with E-state index >= 15 is 0 Å².